The van der Waals surface area contributed by atoms with Crippen LogP contribution < -0.4 is 4.90 Å². The maximum absolute atomic E-state index is 9.61. The molecule has 1 aliphatic rings. The lowest BCUT2D eigenvalue weighted by atomic mass is 10.0. The van der Waals surface area contributed by atoms with Crippen molar-refractivity contribution in [1.29, 1.82) is 0 Å². The Labute approximate surface area is 113 Å². The zero-order chi connectivity index (χ0) is 13.4. The van der Waals surface area contributed by atoms with Gasteiger partial charge in [0.25, 0.3) is 0 Å². The van der Waals surface area contributed by atoms with Crippen molar-refractivity contribution in [1.82, 2.24) is 4.90 Å². The molecular formula is C16H18N2O. The van der Waals surface area contributed by atoms with Gasteiger partial charge in [-0.15, -0.1) is 0 Å². The van der Waals surface area contributed by atoms with Crippen molar-refractivity contribution in [2.45, 2.75) is 12.7 Å². The van der Waals surface area contributed by atoms with Crippen molar-refractivity contribution < 1.29 is 5.11 Å². The highest BCUT2D eigenvalue weighted by atomic mass is 16.3. The van der Waals surface area contributed by atoms with Crippen LogP contribution in [-0.2, 0) is 6.54 Å². The van der Waals surface area contributed by atoms with Gasteiger partial charge < -0.3 is 10.0 Å². The molecule has 1 heterocycles. The molecule has 1 atom stereocenters. The molecule has 2 aromatic rings. The zero-order valence-electron chi connectivity index (χ0n) is 11.2. The van der Waals surface area contributed by atoms with Gasteiger partial charge in [-0.3, -0.25) is 4.90 Å². The first-order chi connectivity index (χ1) is 9.16. The summed E-state index contributed by atoms with van der Waals surface area (Å²) in [6.07, 6.45) is 0.234. The highest BCUT2D eigenvalue weighted by Crippen LogP contribution is 2.37. The van der Waals surface area contributed by atoms with E-state index in [2.05, 4.69) is 48.2 Å². The summed E-state index contributed by atoms with van der Waals surface area (Å²) in [5, 5.41) is 9.61. The molecule has 3 rings (SSSR count). The maximum atomic E-state index is 9.61. The number of nitrogens with zero attached hydrogens (tertiary/aromatic N) is 2. The molecule has 3 nitrogen and oxygen atoms in total. The number of rotatable bonds is 1. The summed E-state index contributed by atoms with van der Waals surface area (Å²) in [6.45, 7) is 0.841. The lowest BCUT2D eigenvalue weighted by Gasteiger charge is -2.42. The Kier molecular flexibility index (Phi) is 2.91. The minimum absolute atomic E-state index is 0.234. The first-order valence-corrected chi connectivity index (χ1v) is 6.47. The van der Waals surface area contributed by atoms with Crippen molar-refractivity contribution in [2.24, 2.45) is 0 Å². The molecule has 1 aliphatic heterocycles. The maximum Gasteiger partial charge on any atom is 0.116 e. The van der Waals surface area contributed by atoms with Gasteiger partial charge in [-0.1, -0.05) is 30.3 Å². The minimum atomic E-state index is 0.234. The van der Waals surface area contributed by atoms with Gasteiger partial charge in [0.15, 0.2) is 0 Å². The Morgan fingerprint density at radius 3 is 2.53 bits per heavy atom. The predicted molar refractivity (Wildman–Crippen MR) is 77.2 cm³/mol. The second-order valence-corrected chi connectivity index (χ2v) is 5.12. The van der Waals surface area contributed by atoms with E-state index in [9.17, 15) is 5.11 Å². The van der Waals surface area contributed by atoms with Crippen LogP contribution in [-0.4, -0.2) is 24.1 Å². The molecule has 19 heavy (non-hydrogen) atoms. The summed E-state index contributed by atoms with van der Waals surface area (Å²) in [4.78, 5) is 4.55. The van der Waals surface area contributed by atoms with Crippen molar-refractivity contribution in [3.05, 3.63) is 59.7 Å². The highest BCUT2D eigenvalue weighted by molar-refractivity contribution is 5.58. The third kappa shape index (κ3) is 2.06. The molecule has 1 unspecified atom stereocenters. The fraction of sp³-hybridized carbons (Fsp3) is 0.250. The van der Waals surface area contributed by atoms with Crippen LogP contribution in [0.25, 0.3) is 0 Å². The number of anilines is 1. The first kappa shape index (κ1) is 12.1. The molecule has 1 N–H and O–H groups in total. The van der Waals surface area contributed by atoms with Crippen LogP contribution in [0.5, 0.6) is 5.75 Å². The number of fused-ring (bicyclic) bond motifs is 1. The van der Waals surface area contributed by atoms with Crippen molar-refractivity contribution in [2.75, 3.05) is 19.0 Å². The van der Waals surface area contributed by atoms with E-state index in [1.807, 2.05) is 18.2 Å². The molecule has 0 aliphatic carbocycles. The summed E-state index contributed by atoms with van der Waals surface area (Å²) in [7, 11) is 4.21. The zero-order valence-corrected chi connectivity index (χ0v) is 11.2. The third-order valence-electron chi connectivity index (χ3n) is 3.74. The Morgan fingerprint density at radius 2 is 1.79 bits per heavy atom. The number of phenolic OH excluding ortho intramolecular Hbond substituents is 1. The van der Waals surface area contributed by atoms with E-state index in [1.54, 1.807) is 6.07 Å². The smallest absolute Gasteiger partial charge is 0.116 e. The molecule has 0 amide bonds. The number of hydrogen-bond acceptors (Lipinski definition) is 3. The number of phenols is 1. The van der Waals surface area contributed by atoms with Crippen LogP contribution in [0.15, 0.2) is 48.5 Å². The summed E-state index contributed by atoms with van der Waals surface area (Å²) in [5.74, 6) is 0.332. The Balaban J connectivity index is 2.03. The molecule has 0 aromatic heterocycles. The Hall–Kier alpha value is -2.00. The van der Waals surface area contributed by atoms with E-state index in [0.717, 1.165) is 12.1 Å². The third-order valence-corrected chi connectivity index (χ3v) is 3.74. The SMILES string of the molecule is CN1Cc2cc(O)ccc2N(C)C1c1ccccc1. The van der Waals surface area contributed by atoms with Crippen molar-refractivity contribution in [3.63, 3.8) is 0 Å². The molecule has 0 radical (unpaired) electrons. The van der Waals surface area contributed by atoms with E-state index >= 15 is 0 Å². The summed E-state index contributed by atoms with van der Waals surface area (Å²) in [5.41, 5.74) is 3.63. The molecular weight excluding hydrogens is 236 g/mol. The molecule has 98 valence electrons. The van der Waals surface area contributed by atoms with Gasteiger partial charge in [0.2, 0.25) is 0 Å². The van der Waals surface area contributed by atoms with Crippen LogP contribution in [0.4, 0.5) is 5.69 Å². The van der Waals surface area contributed by atoms with Gasteiger partial charge in [-0.05, 0) is 36.4 Å². The summed E-state index contributed by atoms with van der Waals surface area (Å²) >= 11 is 0. The first-order valence-electron chi connectivity index (χ1n) is 6.47. The monoisotopic (exact) mass is 254 g/mol. The molecule has 0 saturated carbocycles. The van der Waals surface area contributed by atoms with Gasteiger partial charge in [0, 0.05) is 19.3 Å². The molecule has 0 bridgehead atoms. The Bertz CT molecular complexity index is 583. The number of aromatic hydroxyl groups is 1. The van der Waals surface area contributed by atoms with E-state index in [-0.39, 0.29) is 6.17 Å². The predicted octanol–water partition coefficient (Wildman–Crippen LogP) is 2.97. The molecule has 0 fully saturated rings. The average molecular weight is 254 g/mol. The fourth-order valence-electron chi connectivity index (χ4n) is 2.93. The lowest BCUT2D eigenvalue weighted by Crippen LogP contribution is -2.41. The summed E-state index contributed by atoms with van der Waals surface area (Å²) < 4.78 is 0. The van der Waals surface area contributed by atoms with E-state index in [4.69, 9.17) is 0 Å². The van der Waals surface area contributed by atoms with E-state index in [0.29, 0.717) is 5.75 Å². The van der Waals surface area contributed by atoms with Crippen LogP contribution in [0.2, 0.25) is 0 Å². The second kappa shape index (κ2) is 4.59. The number of benzene rings is 2. The highest BCUT2D eigenvalue weighted by Gasteiger charge is 2.28. The Morgan fingerprint density at radius 1 is 1.05 bits per heavy atom. The minimum Gasteiger partial charge on any atom is -0.508 e. The normalized spacial score (nSPS) is 19.3. The van der Waals surface area contributed by atoms with Crippen molar-refractivity contribution >= 4 is 5.69 Å². The molecule has 0 saturated heterocycles. The molecule has 2 aromatic carbocycles. The van der Waals surface area contributed by atoms with Gasteiger partial charge in [-0.25, -0.2) is 0 Å². The number of hydrogen-bond donors (Lipinski definition) is 1. The van der Waals surface area contributed by atoms with Crippen LogP contribution in [0.1, 0.15) is 17.3 Å². The largest absolute Gasteiger partial charge is 0.508 e. The van der Waals surface area contributed by atoms with Crippen LogP contribution in [0, 0.1) is 0 Å². The van der Waals surface area contributed by atoms with Gasteiger partial charge >= 0.3 is 0 Å². The second-order valence-electron chi connectivity index (χ2n) is 5.12. The van der Waals surface area contributed by atoms with E-state index in [1.165, 1.54) is 11.3 Å². The van der Waals surface area contributed by atoms with Crippen LogP contribution in [0.3, 0.4) is 0 Å². The molecule has 0 spiro atoms. The van der Waals surface area contributed by atoms with Crippen molar-refractivity contribution in [3.8, 4) is 5.75 Å². The van der Waals surface area contributed by atoms with Gasteiger partial charge in [0.05, 0.1) is 0 Å². The topological polar surface area (TPSA) is 26.7 Å². The average Bonchev–Trinajstić information content (AvgIpc) is 2.39. The quantitative estimate of drug-likeness (QED) is 0.847. The van der Waals surface area contributed by atoms with E-state index < -0.39 is 0 Å². The fourth-order valence-corrected chi connectivity index (χ4v) is 2.93. The van der Waals surface area contributed by atoms with Gasteiger partial charge in [-0.2, -0.15) is 0 Å². The molecule has 3 heteroatoms. The van der Waals surface area contributed by atoms with Gasteiger partial charge in [0.1, 0.15) is 11.9 Å². The standard InChI is InChI=1S/C16H18N2O/c1-17-11-13-10-14(19)8-9-15(13)18(2)16(17)12-6-4-3-5-7-12/h3-10,16,19H,11H2,1-2H3. The summed E-state index contributed by atoms with van der Waals surface area (Å²) in [6, 6.07) is 16.1. The van der Waals surface area contributed by atoms with Crippen LogP contribution >= 0.6 is 0 Å². The lowest BCUT2D eigenvalue weighted by molar-refractivity contribution is 0.220.